The lowest BCUT2D eigenvalue weighted by Gasteiger charge is -2.60. The molecule has 2 saturated heterocycles. The Kier molecular flexibility index (Phi) is 4.19. The lowest BCUT2D eigenvalue weighted by atomic mass is 9.57. The number of likely N-dealkylation sites (tertiary alicyclic amines) is 2. The fraction of sp³-hybridized carbons (Fsp3) is 1.00. The molecule has 0 amide bonds. The van der Waals surface area contributed by atoms with Crippen molar-refractivity contribution < 1.29 is 0 Å². The van der Waals surface area contributed by atoms with Crippen molar-refractivity contribution in [1.82, 2.24) is 9.80 Å². The quantitative estimate of drug-likeness (QED) is 0.651. The molecule has 0 aromatic rings. The van der Waals surface area contributed by atoms with Crippen LogP contribution in [0, 0.1) is 17.3 Å². The van der Waals surface area contributed by atoms with E-state index in [0.717, 1.165) is 17.3 Å². The molecule has 0 aromatic heterocycles. The third kappa shape index (κ3) is 3.16. The van der Waals surface area contributed by atoms with E-state index in [9.17, 15) is 0 Å². The Morgan fingerprint density at radius 1 is 1.00 bits per heavy atom. The van der Waals surface area contributed by atoms with Crippen LogP contribution in [0.15, 0.2) is 0 Å². The molecule has 0 atom stereocenters. The zero-order valence-corrected chi connectivity index (χ0v) is 13.0. The van der Waals surface area contributed by atoms with Crippen molar-refractivity contribution in [2.75, 3.05) is 39.3 Å². The van der Waals surface area contributed by atoms with Crippen molar-refractivity contribution in [2.24, 2.45) is 17.3 Å². The average molecular weight is 264 g/mol. The molecule has 2 nitrogen and oxygen atoms in total. The topological polar surface area (TPSA) is 6.48 Å². The second kappa shape index (κ2) is 5.73. The van der Waals surface area contributed by atoms with E-state index in [1.807, 2.05) is 0 Å². The van der Waals surface area contributed by atoms with Crippen molar-refractivity contribution in [2.45, 2.75) is 52.4 Å². The zero-order chi connectivity index (χ0) is 13.3. The first-order valence-corrected chi connectivity index (χ1v) is 8.64. The first kappa shape index (κ1) is 13.9. The molecular formula is C17H32N2. The van der Waals surface area contributed by atoms with Crippen LogP contribution in [0.3, 0.4) is 0 Å². The highest BCUT2D eigenvalue weighted by Gasteiger charge is 2.52. The summed E-state index contributed by atoms with van der Waals surface area (Å²) in [6, 6.07) is 0. The van der Waals surface area contributed by atoms with E-state index in [4.69, 9.17) is 0 Å². The highest BCUT2D eigenvalue weighted by atomic mass is 15.2. The van der Waals surface area contributed by atoms with Gasteiger partial charge in [0.05, 0.1) is 0 Å². The van der Waals surface area contributed by atoms with Crippen molar-refractivity contribution in [3.63, 3.8) is 0 Å². The van der Waals surface area contributed by atoms with Gasteiger partial charge in [0.15, 0.2) is 0 Å². The zero-order valence-electron chi connectivity index (χ0n) is 13.0. The summed E-state index contributed by atoms with van der Waals surface area (Å²) in [6.07, 6.45) is 8.72. The first-order valence-electron chi connectivity index (χ1n) is 8.64. The monoisotopic (exact) mass is 264 g/mol. The van der Waals surface area contributed by atoms with Gasteiger partial charge >= 0.3 is 0 Å². The fourth-order valence-electron chi connectivity index (χ4n) is 4.72. The number of hydrogen-bond donors (Lipinski definition) is 0. The number of nitrogens with zero attached hydrogens (tertiary/aromatic N) is 2. The Bertz CT molecular complexity index is 282. The molecular weight excluding hydrogens is 232 g/mol. The SMILES string of the molecule is CCCCCCN1CC2(CC(CN3CC(C)C3)C2)C1. The van der Waals surface area contributed by atoms with Crippen molar-refractivity contribution >= 4 is 0 Å². The van der Waals surface area contributed by atoms with Crippen LogP contribution in [0.1, 0.15) is 52.4 Å². The predicted octanol–water partition coefficient (Wildman–Crippen LogP) is 3.23. The lowest BCUT2D eigenvalue weighted by Crippen LogP contribution is -2.64. The summed E-state index contributed by atoms with van der Waals surface area (Å²) in [4.78, 5) is 5.38. The van der Waals surface area contributed by atoms with Crippen LogP contribution >= 0.6 is 0 Å². The van der Waals surface area contributed by atoms with E-state index in [1.165, 1.54) is 77.8 Å². The summed E-state index contributed by atoms with van der Waals surface area (Å²) in [7, 11) is 0. The minimum atomic E-state index is 0.784. The van der Waals surface area contributed by atoms with E-state index in [2.05, 4.69) is 23.6 Å². The Labute approximate surface area is 119 Å². The van der Waals surface area contributed by atoms with Crippen LogP contribution < -0.4 is 0 Å². The maximum absolute atomic E-state index is 2.71. The van der Waals surface area contributed by atoms with E-state index in [0.29, 0.717) is 0 Å². The average Bonchev–Trinajstić information content (AvgIpc) is 2.25. The van der Waals surface area contributed by atoms with Crippen molar-refractivity contribution in [3.8, 4) is 0 Å². The normalized spacial score (nSPS) is 28.1. The molecule has 3 rings (SSSR count). The van der Waals surface area contributed by atoms with Gasteiger partial charge in [-0.2, -0.15) is 0 Å². The van der Waals surface area contributed by atoms with Gasteiger partial charge < -0.3 is 9.80 Å². The van der Waals surface area contributed by atoms with Gasteiger partial charge in [-0.25, -0.2) is 0 Å². The largest absolute Gasteiger partial charge is 0.302 e. The molecule has 1 aliphatic carbocycles. The molecule has 0 bridgehead atoms. The molecule has 0 unspecified atom stereocenters. The fourth-order valence-corrected chi connectivity index (χ4v) is 4.72. The van der Waals surface area contributed by atoms with Crippen LogP contribution in [0.5, 0.6) is 0 Å². The molecule has 0 aromatic carbocycles. The standard InChI is InChI=1S/C17H32N2/c1-3-4-5-6-7-18-13-17(14-18)8-16(9-17)12-19-10-15(2)11-19/h15-16H,3-14H2,1-2H3. The highest BCUT2D eigenvalue weighted by molar-refractivity contribution is 5.04. The van der Waals surface area contributed by atoms with Gasteiger partial charge in [-0.15, -0.1) is 0 Å². The number of unbranched alkanes of at least 4 members (excludes halogenated alkanes) is 3. The Morgan fingerprint density at radius 2 is 1.74 bits per heavy atom. The smallest absolute Gasteiger partial charge is 0.00507 e. The summed E-state index contributed by atoms with van der Waals surface area (Å²) in [5.41, 5.74) is 0.784. The van der Waals surface area contributed by atoms with Gasteiger partial charge in [0.25, 0.3) is 0 Å². The minimum absolute atomic E-state index is 0.784. The number of hydrogen-bond acceptors (Lipinski definition) is 2. The molecule has 19 heavy (non-hydrogen) atoms. The van der Waals surface area contributed by atoms with E-state index in [-0.39, 0.29) is 0 Å². The maximum Gasteiger partial charge on any atom is 0.00507 e. The maximum atomic E-state index is 2.71. The second-order valence-corrected chi connectivity index (χ2v) is 7.87. The predicted molar refractivity (Wildman–Crippen MR) is 81.3 cm³/mol. The van der Waals surface area contributed by atoms with Crippen LogP contribution in [-0.4, -0.2) is 49.1 Å². The van der Waals surface area contributed by atoms with Gasteiger partial charge in [-0.3, -0.25) is 0 Å². The van der Waals surface area contributed by atoms with E-state index < -0.39 is 0 Å². The highest BCUT2D eigenvalue weighted by Crippen LogP contribution is 2.52. The van der Waals surface area contributed by atoms with E-state index in [1.54, 1.807) is 0 Å². The van der Waals surface area contributed by atoms with Crippen LogP contribution in [0.4, 0.5) is 0 Å². The minimum Gasteiger partial charge on any atom is -0.302 e. The molecule has 1 spiro atoms. The Balaban J connectivity index is 1.24. The number of rotatable bonds is 7. The van der Waals surface area contributed by atoms with Gasteiger partial charge in [0.1, 0.15) is 0 Å². The summed E-state index contributed by atoms with van der Waals surface area (Å²) < 4.78 is 0. The summed E-state index contributed by atoms with van der Waals surface area (Å²) in [6.45, 7) is 13.0. The van der Waals surface area contributed by atoms with Gasteiger partial charge in [0.2, 0.25) is 0 Å². The lowest BCUT2D eigenvalue weighted by molar-refractivity contribution is -0.106. The van der Waals surface area contributed by atoms with Crippen LogP contribution in [0.25, 0.3) is 0 Å². The Hall–Kier alpha value is -0.0800. The van der Waals surface area contributed by atoms with Gasteiger partial charge in [0, 0.05) is 32.7 Å². The van der Waals surface area contributed by atoms with Crippen molar-refractivity contribution in [1.29, 1.82) is 0 Å². The summed E-state index contributed by atoms with van der Waals surface area (Å²) in [5, 5.41) is 0. The van der Waals surface area contributed by atoms with E-state index >= 15 is 0 Å². The third-order valence-corrected chi connectivity index (χ3v) is 5.55. The van der Waals surface area contributed by atoms with Gasteiger partial charge in [-0.05, 0) is 43.1 Å². The third-order valence-electron chi connectivity index (χ3n) is 5.55. The van der Waals surface area contributed by atoms with Crippen LogP contribution in [-0.2, 0) is 0 Å². The van der Waals surface area contributed by atoms with Crippen molar-refractivity contribution in [3.05, 3.63) is 0 Å². The summed E-state index contributed by atoms with van der Waals surface area (Å²) >= 11 is 0. The molecule has 0 N–H and O–H groups in total. The van der Waals surface area contributed by atoms with Crippen LogP contribution in [0.2, 0.25) is 0 Å². The summed E-state index contributed by atoms with van der Waals surface area (Å²) in [5.74, 6) is 2.01. The molecule has 1 saturated carbocycles. The Morgan fingerprint density at radius 3 is 2.37 bits per heavy atom. The molecule has 3 aliphatic rings. The molecule has 3 fully saturated rings. The molecule has 2 heteroatoms. The molecule has 2 aliphatic heterocycles. The second-order valence-electron chi connectivity index (χ2n) is 7.87. The molecule has 0 radical (unpaired) electrons. The molecule has 110 valence electrons. The molecule has 2 heterocycles. The van der Waals surface area contributed by atoms with Gasteiger partial charge in [-0.1, -0.05) is 33.1 Å². The first-order chi connectivity index (χ1) is 9.19.